The fourth-order valence-electron chi connectivity index (χ4n) is 7.85. The Morgan fingerprint density at radius 1 is 0.958 bits per heavy atom. The average molecular weight is 652 g/mol. The molecule has 1 saturated heterocycles. The summed E-state index contributed by atoms with van der Waals surface area (Å²) in [5.41, 5.74) is 2.65. The van der Waals surface area contributed by atoms with Gasteiger partial charge in [0.05, 0.1) is 29.1 Å². The van der Waals surface area contributed by atoms with Crippen LogP contribution in [0.4, 0.5) is 0 Å². The molecule has 2 saturated carbocycles. The van der Waals surface area contributed by atoms with Crippen LogP contribution in [-0.2, 0) is 26.8 Å². The van der Waals surface area contributed by atoms with Crippen molar-refractivity contribution in [3.05, 3.63) is 83.4 Å². The van der Waals surface area contributed by atoms with Crippen LogP contribution >= 0.6 is 0 Å². The van der Waals surface area contributed by atoms with Crippen LogP contribution in [0.25, 0.3) is 11.0 Å². The molecule has 4 N–H and O–H groups in total. The standard InChI is InChI=1S/C37H45N7O4/c1-35(16-17-35)28(23-9-6-5-7-10-23)29(42-32(45)27-13-19-39-44(27)4)31-40-25-12-11-24(21-26(25)41-31)37(18-20-48-22-37)34(47)43-30(33(46)38-3)36(2)14-8-15-36/h5-7,9-13,19,21,28-30H,8,14-18,20,22H2,1-4H3,(H,38,46)(H,40,41)(H,42,45)(H,43,47)/t28-,29-,30-,37?/m0/s1. The zero-order chi connectivity index (χ0) is 33.7. The lowest BCUT2D eigenvalue weighted by Gasteiger charge is -2.45. The quantitative estimate of drug-likeness (QED) is 0.189. The summed E-state index contributed by atoms with van der Waals surface area (Å²) in [6, 6.07) is 16.8. The number of likely N-dealkylation sites (N-methyl/N-ethyl adjacent to an activating group) is 1. The van der Waals surface area contributed by atoms with Crippen molar-refractivity contribution in [2.75, 3.05) is 20.3 Å². The predicted octanol–water partition coefficient (Wildman–Crippen LogP) is 4.43. The summed E-state index contributed by atoms with van der Waals surface area (Å²) < 4.78 is 7.43. The number of hydrogen-bond acceptors (Lipinski definition) is 6. The van der Waals surface area contributed by atoms with Crippen molar-refractivity contribution in [3.8, 4) is 0 Å². The molecule has 1 unspecified atom stereocenters. The molecule has 4 atom stereocenters. The van der Waals surface area contributed by atoms with E-state index in [1.165, 1.54) is 0 Å². The Morgan fingerprint density at radius 2 is 1.73 bits per heavy atom. The molecule has 0 spiro atoms. The van der Waals surface area contributed by atoms with Crippen molar-refractivity contribution >= 4 is 28.8 Å². The van der Waals surface area contributed by atoms with Crippen molar-refractivity contribution in [2.45, 2.75) is 75.8 Å². The van der Waals surface area contributed by atoms with Gasteiger partial charge in [-0.05, 0) is 72.3 Å². The van der Waals surface area contributed by atoms with E-state index in [4.69, 9.17) is 9.72 Å². The van der Waals surface area contributed by atoms with Gasteiger partial charge in [0.2, 0.25) is 11.8 Å². The highest BCUT2D eigenvalue weighted by Crippen LogP contribution is 2.59. The van der Waals surface area contributed by atoms with Gasteiger partial charge in [-0.2, -0.15) is 5.10 Å². The molecule has 4 aromatic rings. The number of aryl methyl sites for hydroxylation is 1. The zero-order valence-corrected chi connectivity index (χ0v) is 28.1. The molecule has 2 aromatic carbocycles. The second-order valence-corrected chi connectivity index (χ2v) is 14.6. The second kappa shape index (κ2) is 12.2. The maximum atomic E-state index is 14.2. The number of benzene rings is 2. The molecule has 11 nitrogen and oxygen atoms in total. The highest BCUT2D eigenvalue weighted by atomic mass is 16.5. The Bertz CT molecular complexity index is 1830. The van der Waals surface area contributed by atoms with Crippen LogP contribution < -0.4 is 16.0 Å². The molecule has 2 aliphatic carbocycles. The number of ether oxygens (including phenoxy) is 1. The van der Waals surface area contributed by atoms with Crippen molar-refractivity contribution in [1.29, 1.82) is 0 Å². The number of aromatic nitrogens is 4. The fourth-order valence-corrected chi connectivity index (χ4v) is 7.85. The van der Waals surface area contributed by atoms with Gasteiger partial charge >= 0.3 is 0 Å². The molecule has 48 heavy (non-hydrogen) atoms. The molecule has 0 bridgehead atoms. The van der Waals surface area contributed by atoms with E-state index in [0.717, 1.165) is 48.7 Å². The van der Waals surface area contributed by atoms with Crippen molar-refractivity contribution < 1.29 is 19.1 Å². The third-order valence-corrected chi connectivity index (χ3v) is 11.4. The lowest BCUT2D eigenvalue weighted by atomic mass is 9.65. The van der Waals surface area contributed by atoms with E-state index in [1.807, 2.05) is 36.4 Å². The summed E-state index contributed by atoms with van der Waals surface area (Å²) in [7, 11) is 3.37. The van der Waals surface area contributed by atoms with Gasteiger partial charge in [0.1, 0.15) is 17.6 Å². The summed E-state index contributed by atoms with van der Waals surface area (Å²) >= 11 is 0. The lowest BCUT2D eigenvalue weighted by molar-refractivity contribution is -0.136. The van der Waals surface area contributed by atoms with E-state index in [9.17, 15) is 14.4 Å². The lowest BCUT2D eigenvalue weighted by Crippen LogP contribution is -2.60. The molecule has 252 valence electrons. The van der Waals surface area contributed by atoms with Gasteiger partial charge in [0.15, 0.2) is 0 Å². The van der Waals surface area contributed by atoms with Gasteiger partial charge in [0, 0.05) is 32.8 Å². The Hall–Kier alpha value is -4.51. The molecule has 7 rings (SSSR count). The predicted molar refractivity (Wildman–Crippen MR) is 181 cm³/mol. The molecule has 2 aromatic heterocycles. The summed E-state index contributed by atoms with van der Waals surface area (Å²) in [6.45, 7) is 5.00. The minimum atomic E-state index is -0.957. The third-order valence-electron chi connectivity index (χ3n) is 11.4. The van der Waals surface area contributed by atoms with E-state index in [0.29, 0.717) is 30.1 Å². The van der Waals surface area contributed by atoms with Crippen LogP contribution in [0, 0.1) is 10.8 Å². The fraction of sp³-hybridized carbons (Fsp3) is 0.486. The normalized spacial score (nSPS) is 22.7. The van der Waals surface area contributed by atoms with E-state index in [-0.39, 0.29) is 41.1 Å². The molecule has 3 fully saturated rings. The summed E-state index contributed by atoms with van der Waals surface area (Å²) in [6.07, 6.45) is 7.02. The third kappa shape index (κ3) is 5.57. The SMILES string of the molecule is CNC(=O)[C@H](NC(=O)C1(c2ccc3[nH]c([C@@H](NC(=O)c4ccnn4C)[C@H](c4ccccc4)C4(C)CC4)nc3c2)CCOC1)C1(C)CCC1. The van der Waals surface area contributed by atoms with Crippen LogP contribution in [0.2, 0.25) is 0 Å². The minimum absolute atomic E-state index is 0.0162. The molecule has 3 amide bonds. The molecular weight excluding hydrogens is 606 g/mol. The Labute approximate surface area is 280 Å². The number of nitrogens with zero attached hydrogens (tertiary/aromatic N) is 3. The van der Waals surface area contributed by atoms with Crippen LogP contribution in [0.1, 0.15) is 91.8 Å². The van der Waals surface area contributed by atoms with Crippen molar-refractivity contribution in [3.63, 3.8) is 0 Å². The number of nitrogens with one attached hydrogen (secondary N) is 4. The number of H-pyrrole nitrogens is 1. The van der Waals surface area contributed by atoms with Gasteiger partial charge in [0.25, 0.3) is 5.91 Å². The van der Waals surface area contributed by atoms with Crippen molar-refractivity contribution in [2.24, 2.45) is 17.9 Å². The Balaban J connectivity index is 1.26. The van der Waals surface area contributed by atoms with Crippen LogP contribution in [0.15, 0.2) is 60.8 Å². The van der Waals surface area contributed by atoms with E-state index < -0.39 is 17.5 Å². The first-order valence-corrected chi connectivity index (χ1v) is 17.0. The van der Waals surface area contributed by atoms with Gasteiger partial charge in [-0.3, -0.25) is 19.1 Å². The maximum absolute atomic E-state index is 14.2. The Morgan fingerprint density at radius 3 is 2.33 bits per heavy atom. The number of carbonyl (C=O) groups excluding carboxylic acids is 3. The van der Waals surface area contributed by atoms with Gasteiger partial charge in [-0.25, -0.2) is 4.98 Å². The second-order valence-electron chi connectivity index (χ2n) is 14.6. The highest BCUT2D eigenvalue weighted by Gasteiger charge is 2.51. The number of carbonyl (C=O) groups is 3. The number of aromatic amines is 1. The molecule has 0 radical (unpaired) electrons. The number of imidazole rings is 1. The molecule has 3 aliphatic rings. The van der Waals surface area contributed by atoms with E-state index in [1.54, 1.807) is 31.0 Å². The largest absolute Gasteiger partial charge is 0.380 e. The average Bonchev–Trinajstić information content (AvgIpc) is 3.47. The molecule has 3 heterocycles. The minimum Gasteiger partial charge on any atom is -0.380 e. The number of rotatable bonds is 11. The number of fused-ring (bicyclic) bond motifs is 1. The summed E-state index contributed by atoms with van der Waals surface area (Å²) in [5, 5.41) is 13.4. The topological polar surface area (TPSA) is 143 Å². The first-order chi connectivity index (χ1) is 23.1. The summed E-state index contributed by atoms with van der Waals surface area (Å²) in [4.78, 5) is 49.5. The van der Waals surface area contributed by atoms with Crippen molar-refractivity contribution in [1.82, 2.24) is 35.7 Å². The smallest absolute Gasteiger partial charge is 0.270 e. The zero-order valence-electron chi connectivity index (χ0n) is 28.1. The van der Waals surface area contributed by atoms with Crippen LogP contribution in [0.3, 0.4) is 0 Å². The first kappa shape index (κ1) is 32.1. The molecule has 1 aliphatic heterocycles. The number of amides is 3. The molecular formula is C37H45N7O4. The van der Waals surface area contributed by atoms with Gasteiger partial charge < -0.3 is 25.7 Å². The van der Waals surface area contributed by atoms with Gasteiger partial charge in [-0.15, -0.1) is 0 Å². The Kier molecular flexibility index (Phi) is 8.14. The van der Waals surface area contributed by atoms with Crippen LogP contribution in [0.5, 0.6) is 0 Å². The monoisotopic (exact) mass is 651 g/mol. The molecule has 11 heteroatoms. The highest BCUT2D eigenvalue weighted by molar-refractivity contribution is 5.95. The summed E-state index contributed by atoms with van der Waals surface area (Å²) in [5.74, 6) is 0.00701. The van der Waals surface area contributed by atoms with Crippen LogP contribution in [-0.4, -0.2) is 63.8 Å². The maximum Gasteiger partial charge on any atom is 0.270 e. The first-order valence-electron chi connectivity index (χ1n) is 17.0. The van der Waals surface area contributed by atoms with Gasteiger partial charge in [-0.1, -0.05) is 56.7 Å². The van der Waals surface area contributed by atoms with E-state index >= 15 is 0 Å². The van der Waals surface area contributed by atoms with E-state index in [2.05, 4.69) is 52.0 Å². The number of hydrogen-bond donors (Lipinski definition) is 4.